The van der Waals surface area contributed by atoms with Gasteiger partial charge in [0.15, 0.2) is 0 Å². The lowest BCUT2D eigenvalue weighted by Crippen LogP contribution is -2.25. The summed E-state index contributed by atoms with van der Waals surface area (Å²) in [6.45, 7) is 3.55. The van der Waals surface area contributed by atoms with E-state index in [9.17, 15) is 4.79 Å². The summed E-state index contributed by atoms with van der Waals surface area (Å²) in [5.74, 6) is 1.09. The van der Waals surface area contributed by atoms with Crippen LogP contribution in [-0.4, -0.2) is 22.0 Å². The third-order valence-corrected chi connectivity index (χ3v) is 5.68. The number of benzene rings is 3. The highest BCUT2D eigenvalue weighted by atomic mass is 16.1. The number of aryl methyl sites for hydroxylation is 4. The summed E-state index contributed by atoms with van der Waals surface area (Å²) in [6.07, 6.45) is 3.83. The van der Waals surface area contributed by atoms with Gasteiger partial charge in [-0.2, -0.15) is 0 Å². The maximum atomic E-state index is 12.4. The van der Waals surface area contributed by atoms with Gasteiger partial charge in [-0.05, 0) is 55.5 Å². The summed E-state index contributed by atoms with van der Waals surface area (Å²) >= 11 is 0. The molecule has 0 fully saturated rings. The highest BCUT2D eigenvalue weighted by Crippen LogP contribution is 2.18. The molecule has 1 aromatic heterocycles. The van der Waals surface area contributed by atoms with Crippen molar-refractivity contribution >= 4 is 16.9 Å². The zero-order valence-corrected chi connectivity index (χ0v) is 18.1. The Morgan fingerprint density at radius 2 is 1.61 bits per heavy atom. The molecule has 1 amide bonds. The molecule has 0 saturated heterocycles. The van der Waals surface area contributed by atoms with Crippen LogP contribution in [0.1, 0.15) is 40.2 Å². The predicted octanol–water partition coefficient (Wildman–Crippen LogP) is 5.34. The fraction of sp³-hybridized carbons (Fsp3) is 0.259. The van der Waals surface area contributed by atoms with Gasteiger partial charge in [-0.15, -0.1) is 0 Å². The summed E-state index contributed by atoms with van der Waals surface area (Å²) in [5.41, 5.74) is 5.35. The summed E-state index contributed by atoms with van der Waals surface area (Å²) < 4.78 is 2.35. The number of rotatable bonds is 9. The van der Waals surface area contributed by atoms with Crippen LogP contribution >= 0.6 is 0 Å². The number of para-hydroxylation sites is 2. The van der Waals surface area contributed by atoms with Gasteiger partial charge in [0.25, 0.3) is 5.91 Å². The maximum absolute atomic E-state index is 12.4. The van der Waals surface area contributed by atoms with Crippen LogP contribution in [-0.2, 0) is 19.4 Å². The normalized spacial score (nSPS) is 11.0. The Labute approximate surface area is 183 Å². The average molecular weight is 412 g/mol. The molecule has 158 valence electrons. The zero-order chi connectivity index (χ0) is 21.5. The SMILES string of the molecule is Cc1ccccc1C(=O)NCCCc1nc2ccccc2n1CCCc1ccccc1. The van der Waals surface area contributed by atoms with Crippen LogP contribution in [0.2, 0.25) is 0 Å². The maximum Gasteiger partial charge on any atom is 0.251 e. The van der Waals surface area contributed by atoms with Gasteiger partial charge in [0.05, 0.1) is 11.0 Å². The number of imidazole rings is 1. The molecular formula is C27H29N3O. The second kappa shape index (κ2) is 10.1. The van der Waals surface area contributed by atoms with Crippen LogP contribution < -0.4 is 5.32 Å². The number of fused-ring (bicyclic) bond motifs is 1. The lowest BCUT2D eigenvalue weighted by Gasteiger charge is -2.10. The standard InChI is InChI=1S/C27H29N3O/c1-21-11-5-6-15-23(21)27(31)28-19-9-18-26-29-24-16-7-8-17-25(24)30(26)20-10-14-22-12-3-2-4-13-22/h2-8,11-13,15-17H,9-10,14,18-20H2,1H3,(H,28,31). The first kappa shape index (κ1) is 20.9. The molecule has 0 aliphatic rings. The number of carbonyl (C=O) groups excluding carboxylic acids is 1. The van der Waals surface area contributed by atoms with Crippen molar-refractivity contribution in [2.24, 2.45) is 0 Å². The molecule has 0 aliphatic heterocycles. The Kier molecular flexibility index (Phi) is 6.78. The fourth-order valence-electron chi connectivity index (χ4n) is 4.02. The van der Waals surface area contributed by atoms with Crippen molar-refractivity contribution in [2.45, 2.75) is 39.2 Å². The van der Waals surface area contributed by atoms with E-state index >= 15 is 0 Å². The van der Waals surface area contributed by atoms with Crippen molar-refractivity contribution < 1.29 is 4.79 Å². The van der Waals surface area contributed by atoms with Crippen LogP contribution in [0.15, 0.2) is 78.9 Å². The molecule has 0 bridgehead atoms. The summed E-state index contributed by atoms with van der Waals surface area (Å²) in [6, 6.07) is 26.6. The number of nitrogens with one attached hydrogen (secondary N) is 1. The molecule has 0 aliphatic carbocycles. The molecule has 0 unspecified atom stereocenters. The van der Waals surface area contributed by atoms with Crippen LogP contribution in [0.25, 0.3) is 11.0 Å². The van der Waals surface area contributed by atoms with E-state index in [1.54, 1.807) is 0 Å². The Morgan fingerprint density at radius 1 is 0.871 bits per heavy atom. The highest BCUT2D eigenvalue weighted by Gasteiger charge is 2.11. The predicted molar refractivity (Wildman–Crippen MR) is 126 cm³/mol. The van der Waals surface area contributed by atoms with Crippen LogP contribution in [0, 0.1) is 6.92 Å². The molecule has 3 aromatic carbocycles. The minimum atomic E-state index is -0.00513. The molecular weight excluding hydrogens is 382 g/mol. The van der Waals surface area contributed by atoms with Crippen molar-refractivity contribution in [1.82, 2.24) is 14.9 Å². The van der Waals surface area contributed by atoms with Gasteiger partial charge in [0.2, 0.25) is 0 Å². The van der Waals surface area contributed by atoms with Crippen LogP contribution in [0.3, 0.4) is 0 Å². The van der Waals surface area contributed by atoms with Crippen molar-refractivity contribution in [3.05, 3.63) is 101 Å². The molecule has 4 nitrogen and oxygen atoms in total. The van der Waals surface area contributed by atoms with Crippen molar-refractivity contribution in [2.75, 3.05) is 6.54 Å². The molecule has 4 heteroatoms. The molecule has 4 rings (SSSR count). The van der Waals surface area contributed by atoms with E-state index in [-0.39, 0.29) is 5.91 Å². The highest BCUT2D eigenvalue weighted by molar-refractivity contribution is 5.95. The minimum absolute atomic E-state index is 0.00513. The third kappa shape index (κ3) is 5.21. The number of hydrogen-bond acceptors (Lipinski definition) is 2. The van der Waals surface area contributed by atoms with Gasteiger partial charge in [0.1, 0.15) is 5.82 Å². The lowest BCUT2D eigenvalue weighted by molar-refractivity contribution is 0.0952. The fourth-order valence-corrected chi connectivity index (χ4v) is 4.02. The number of hydrogen-bond donors (Lipinski definition) is 1. The molecule has 0 radical (unpaired) electrons. The Hall–Kier alpha value is -3.40. The largest absolute Gasteiger partial charge is 0.352 e. The van der Waals surface area contributed by atoms with E-state index in [0.717, 1.165) is 54.7 Å². The summed E-state index contributed by atoms with van der Waals surface area (Å²) in [5, 5.41) is 3.05. The smallest absolute Gasteiger partial charge is 0.251 e. The number of amides is 1. The van der Waals surface area contributed by atoms with Gasteiger partial charge in [-0.3, -0.25) is 4.79 Å². The monoisotopic (exact) mass is 411 g/mol. The van der Waals surface area contributed by atoms with Gasteiger partial charge in [0, 0.05) is 25.1 Å². The van der Waals surface area contributed by atoms with Gasteiger partial charge < -0.3 is 9.88 Å². The molecule has 31 heavy (non-hydrogen) atoms. The number of aromatic nitrogens is 2. The van der Waals surface area contributed by atoms with Crippen LogP contribution in [0.5, 0.6) is 0 Å². The summed E-state index contributed by atoms with van der Waals surface area (Å²) in [7, 11) is 0. The average Bonchev–Trinajstić information content (AvgIpc) is 3.15. The first-order valence-corrected chi connectivity index (χ1v) is 11.0. The second-order valence-corrected chi connectivity index (χ2v) is 7.93. The van der Waals surface area contributed by atoms with E-state index in [4.69, 9.17) is 4.98 Å². The first-order chi connectivity index (χ1) is 15.2. The Balaban J connectivity index is 1.37. The second-order valence-electron chi connectivity index (χ2n) is 7.93. The van der Waals surface area contributed by atoms with Crippen molar-refractivity contribution in [1.29, 1.82) is 0 Å². The zero-order valence-electron chi connectivity index (χ0n) is 18.1. The molecule has 0 atom stereocenters. The van der Waals surface area contributed by atoms with E-state index in [0.29, 0.717) is 6.54 Å². The minimum Gasteiger partial charge on any atom is -0.352 e. The van der Waals surface area contributed by atoms with Gasteiger partial charge in [-0.25, -0.2) is 4.98 Å². The third-order valence-electron chi connectivity index (χ3n) is 5.68. The Morgan fingerprint density at radius 3 is 2.45 bits per heavy atom. The van der Waals surface area contributed by atoms with Gasteiger partial charge >= 0.3 is 0 Å². The molecule has 1 N–H and O–H groups in total. The molecule has 0 spiro atoms. The first-order valence-electron chi connectivity index (χ1n) is 11.0. The van der Waals surface area contributed by atoms with E-state index in [1.807, 2.05) is 37.3 Å². The quantitative estimate of drug-likeness (QED) is 0.378. The topological polar surface area (TPSA) is 46.9 Å². The molecule has 4 aromatic rings. The molecule has 1 heterocycles. The van der Waals surface area contributed by atoms with Crippen molar-refractivity contribution in [3.8, 4) is 0 Å². The lowest BCUT2D eigenvalue weighted by atomic mass is 10.1. The van der Waals surface area contributed by atoms with Gasteiger partial charge in [-0.1, -0.05) is 60.7 Å². The van der Waals surface area contributed by atoms with E-state index < -0.39 is 0 Å². The Bertz CT molecular complexity index is 1150. The number of nitrogens with zero attached hydrogens (tertiary/aromatic N) is 2. The van der Waals surface area contributed by atoms with E-state index in [2.05, 4.69) is 58.4 Å². The van der Waals surface area contributed by atoms with Crippen LogP contribution in [0.4, 0.5) is 0 Å². The summed E-state index contributed by atoms with van der Waals surface area (Å²) in [4.78, 5) is 17.3. The van der Waals surface area contributed by atoms with Crippen molar-refractivity contribution in [3.63, 3.8) is 0 Å². The van der Waals surface area contributed by atoms with E-state index in [1.165, 1.54) is 11.1 Å². The number of carbonyl (C=O) groups is 1. The molecule has 0 saturated carbocycles.